The number of carbonyl (C=O) groups excluding carboxylic acids is 1. The van der Waals surface area contributed by atoms with E-state index in [-0.39, 0.29) is 5.91 Å². The Hall–Kier alpha value is -1.62. The molecule has 1 amide bonds. The first-order chi connectivity index (χ1) is 11.6. The van der Waals surface area contributed by atoms with Crippen LogP contribution in [0, 0.1) is 11.8 Å². The number of anilines is 1. The van der Waals surface area contributed by atoms with Crippen molar-refractivity contribution >= 4 is 11.7 Å². The summed E-state index contributed by atoms with van der Waals surface area (Å²) in [7, 11) is 0. The van der Waals surface area contributed by atoms with Crippen molar-refractivity contribution in [2.24, 2.45) is 11.8 Å². The third-order valence-electron chi connectivity index (χ3n) is 5.03. The Kier molecular flexibility index (Phi) is 7.50. The average molecular weight is 332 g/mol. The monoisotopic (exact) mass is 332 g/mol. The number of hydrogen-bond donors (Lipinski definition) is 2. The van der Waals surface area contributed by atoms with Gasteiger partial charge in [-0.05, 0) is 63.2 Å². The topological polar surface area (TPSA) is 57.3 Å². The number of aromatic nitrogens is 1. The molecular weight excluding hydrogens is 300 g/mol. The second-order valence-electron chi connectivity index (χ2n) is 6.76. The fourth-order valence-corrected chi connectivity index (χ4v) is 3.35. The first-order valence-corrected chi connectivity index (χ1v) is 9.31. The van der Waals surface area contributed by atoms with Crippen LogP contribution in [0.1, 0.15) is 45.6 Å². The summed E-state index contributed by atoms with van der Waals surface area (Å²) in [4.78, 5) is 18.9. The molecular formula is C19H32N4O. The Morgan fingerprint density at radius 3 is 2.79 bits per heavy atom. The largest absolute Gasteiger partial charge is 0.357 e. The second kappa shape index (κ2) is 9.62. The zero-order valence-corrected chi connectivity index (χ0v) is 15.3. The zero-order chi connectivity index (χ0) is 17.4. The fourth-order valence-electron chi connectivity index (χ4n) is 3.35. The fraction of sp³-hybridized carbons (Fsp3) is 0.684. The predicted octanol–water partition coefficient (Wildman–Crippen LogP) is 2.57. The van der Waals surface area contributed by atoms with Gasteiger partial charge >= 0.3 is 0 Å². The van der Waals surface area contributed by atoms with Crippen LogP contribution in [0.4, 0.5) is 5.82 Å². The van der Waals surface area contributed by atoms with Gasteiger partial charge in [-0.3, -0.25) is 4.79 Å². The molecule has 1 saturated heterocycles. The van der Waals surface area contributed by atoms with E-state index in [0.29, 0.717) is 24.8 Å². The predicted molar refractivity (Wildman–Crippen MR) is 99.0 cm³/mol. The first kappa shape index (κ1) is 18.7. The summed E-state index contributed by atoms with van der Waals surface area (Å²) < 4.78 is 0. The van der Waals surface area contributed by atoms with Crippen LogP contribution >= 0.6 is 0 Å². The van der Waals surface area contributed by atoms with E-state index in [9.17, 15) is 4.79 Å². The Morgan fingerprint density at radius 1 is 1.42 bits per heavy atom. The summed E-state index contributed by atoms with van der Waals surface area (Å²) in [5, 5.41) is 6.46. The van der Waals surface area contributed by atoms with Crippen LogP contribution in [0.2, 0.25) is 0 Å². The molecule has 1 aliphatic rings. The minimum absolute atomic E-state index is 0.140. The van der Waals surface area contributed by atoms with E-state index in [4.69, 9.17) is 0 Å². The van der Waals surface area contributed by atoms with Gasteiger partial charge in [-0.2, -0.15) is 0 Å². The van der Waals surface area contributed by atoms with Gasteiger partial charge in [-0.1, -0.05) is 13.0 Å². The number of rotatable bonds is 8. The van der Waals surface area contributed by atoms with Crippen molar-refractivity contribution in [3.63, 3.8) is 0 Å². The molecule has 0 aromatic carbocycles. The van der Waals surface area contributed by atoms with Gasteiger partial charge in [-0.25, -0.2) is 4.98 Å². The summed E-state index contributed by atoms with van der Waals surface area (Å²) >= 11 is 0. The van der Waals surface area contributed by atoms with E-state index in [1.54, 1.807) is 0 Å². The van der Waals surface area contributed by atoms with Crippen molar-refractivity contribution in [2.75, 3.05) is 31.1 Å². The number of amides is 1. The number of nitrogens with one attached hydrogen (secondary N) is 2. The summed E-state index contributed by atoms with van der Waals surface area (Å²) in [6.45, 7) is 11.1. The maximum absolute atomic E-state index is 12.2. The molecule has 2 unspecified atom stereocenters. The lowest BCUT2D eigenvalue weighted by Gasteiger charge is -2.28. The van der Waals surface area contributed by atoms with Crippen molar-refractivity contribution in [3.05, 3.63) is 23.9 Å². The van der Waals surface area contributed by atoms with Crippen molar-refractivity contribution in [1.82, 2.24) is 15.6 Å². The maximum Gasteiger partial charge on any atom is 0.220 e. The van der Waals surface area contributed by atoms with Crippen LogP contribution in [0.3, 0.4) is 0 Å². The van der Waals surface area contributed by atoms with Crippen LogP contribution in [0.5, 0.6) is 0 Å². The van der Waals surface area contributed by atoms with Crippen LogP contribution < -0.4 is 15.5 Å². The number of piperidine rings is 1. The van der Waals surface area contributed by atoms with Gasteiger partial charge in [0.1, 0.15) is 5.82 Å². The zero-order valence-electron chi connectivity index (χ0n) is 15.3. The number of hydrogen-bond acceptors (Lipinski definition) is 4. The number of nitrogens with zero attached hydrogens (tertiary/aromatic N) is 2. The van der Waals surface area contributed by atoms with E-state index < -0.39 is 0 Å². The lowest BCUT2D eigenvalue weighted by molar-refractivity contribution is -0.122. The molecule has 0 spiro atoms. The SMILES string of the molecule is CCN(CC)c1ccc(CNC(=O)CC(C)C2CCCNC2)cn1. The molecule has 1 fully saturated rings. The molecule has 0 saturated carbocycles. The Bertz CT molecular complexity index is 493. The normalized spacial score (nSPS) is 18.9. The van der Waals surface area contributed by atoms with Crippen LogP contribution in [-0.4, -0.2) is 37.1 Å². The summed E-state index contributed by atoms with van der Waals surface area (Å²) in [6.07, 6.45) is 4.93. The standard InChI is InChI=1S/C19H32N4O/c1-4-23(5-2)18-9-8-16(12-21-18)13-22-19(24)11-15(3)17-7-6-10-20-14-17/h8-9,12,15,17,20H,4-7,10-11,13-14H2,1-3H3,(H,22,24). The second-order valence-corrected chi connectivity index (χ2v) is 6.76. The van der Waals surface area contributed by atoms with Gasteiger partial charge in [0.15, 0.2) is 0 Å². The smallest absolute Gasteiger partial charge is 0.220 e. The minimum atomic E-state index is 0.140. The molecule has 0 bridgehead atoms. The van der Waals surface area contributed by atoms with E-state index in [2.05, 4.69) is 47.4 Å². The quantitative estimate of drug-likeness (QED) is 0.768. The maximum atomic E-state index is 12.2. The molecule has 0 radical (unpaired) electrons. The molecule has 2 atom stereocenters. The van der Waals surface area contributed by atoms with Gasteiger partial charge in [0.05, 0.1) is 0 Å². The summed E-state index contributed by atoms with van der Waals surface area (Å²) in [5.41, 5.74) is 1.05. The molecule has 2 rings (SSSR count). The lowest BCUT2D eigenvalue weighted by atomic mass is 9.85. The average Bonchev–Trinajstić information content (AvgIpc) is 2.63. The first-order valence-electron chi connectivity index (χ1n) is 9.31. The minimum Gasteiger partial charge on any atom is -0.357 e. The molecule has 2 heterocycles. The molecule has 1 aromatic rings. The molecule has 5 heteroatoms. The van der Waals surface area contributed by atoms with Gasteiger partial charge in [-0.15, -0.1) is 0 Å². The van der Waals surface area contributed by atoms with Crippen LogP contribution in [0.25, 0.3) is 0 Å². The molecule has 0 aliphatic carbocycles. The molecule has 24 heavy (non-hydrogen) atoms. The molecule has 134 valence electrons. The highest BCUT2D eigenvalue weighted by molar-refractivity contribution is 5.76. The Morgan fingerprint density at radius 2 is 2.21 bits per heavy atom. The number of pyridine rings is 1. The Balaban J connectivity index is 1.76. The van der Waals surface area contributed by atoms with E-state index in [0.717, 1.165) is 37.6 Å². The van der Waals surface area contributed by atoms with E-state index in [1.165, 1.54) is 12.8 Å². The van der Waals surface area contributed by atoms with Crippen molar-refractivity contribution in [2.45, 2.75) is 46.6 Å². The van der Waals surface area contributed by atoms with Gasteiger partial charge in [0, 0.05) is 32.3 Å². The van der Waals surface area contributed by atoms with Crippen LogP contribution in [0.15, 0.2) is 18.3 Å². The van der Waals surface area contributed by atoms with Gasteiger partial charge in [0.25, 0.3) is 0 Å². The summed E-state index contributed by atoms with van der Waals surface area (Å²) in [5.74, 6) is 2.19. The highest BCUT2D eigenvalue weighted by Crippen LogP contribution is 2.22. The highest BCUT2D eigenvalue weighted by Gasteiger charge is 2.21. The van der Waals surface area contributed by atoms with Crippen LogP contribution in [-0.2, 0) is 11.3 Å². The number of carbonyl (C=O) groups is 1. The highest BCUT2D eigenvalue weighted by atomic mass is 16.1. The molecule has 1 aliphatic heterocycles. The van der Waals surface area contributed by atoms with Crippen molar-refractivity contribution in [3.8, 4) is 0 Å². The third-order valence-corrected chi connectivity index (χ3v) is 5.03. The van der Waals surface area contributed by atoms with Crippen molar-refractivity contribution < 1.29 is 4.79 Å². The Labute approximate surface area is 146 Å². The van der Waals surface area contributed by atoms with E-state index >= 15 is 0 Å². The molecule has 1 aromatic heterocycles. The van der Waals surface area contributed by atoms with E-state index in [1.807, 2.05) is 12.3 Å². The van der Waals surface area contributed by atoms with Gasteiger partial charge in [0.2, 0.25) is 5.91 Å². The van der Waals surface area contributed by atoms with Crippen molar-refractivity contribution in [1.29, 1.82) is 0 Å². The van der Waals surface area contributed by atoms with Gasteiger partial charge < -0.3 is 15.5 Å². The summed E-state index contributed by atoms with van der Waals surface area (Å²) in [6, 6.07) is 4.08. The third kappa shape index (κ3) is 5.48. The molecule has 2 N–H and O–H groups in total. The molecule has 5 nitrogen and oxygen atoms in total. The lowest BCUT2D eigenvalue weighted by Crippen LogP contribution is -2.35.